The molecule has 3 heterocycles. The molecular weight excluding hydrogens is 443 g/mol. The number of piperidine rings is 1. The van der Waals surface area contributed by atoms with Crippen molar-refractivity contribution in [1.29, 1.82) is 0 Å². The summed E-state index contributed by atoms with van der Waals surface area (Å²) >= 11 is 5.85. The van der Waals surface area contributed by atoms with Crippen LogP contribution in [0.15, 0.2) is 30.5 Å². The fourth-order valence-corrected chi connectivity index (χ4v) is 4.77. The highest BCUT2D eigenvalue weighted by Gasteiger charge is 2.41. The van der Waals surface area contributed by atoms with Gasteiger partial charge in [0.25, 0.3) is 5.91 Å². The number of carbonyl (C=O) groups excluding carboxylic acids is 1. The van der Waals surface area contributed by atoms with Crippen molar-refractivity contribution in [2.75, 3.05) is 52.9 Å². The minimum Gasteiger partial charge on any atom is -0.336 e. The maximum absolute atomic E-state index is 13.9. The second-order valence-corrected chi connectivity index (χ2v) is 9.09. The van der Waals surface area contributed by atoms with Crippen molar-refractivity contribution in [2.24, 2.45) is 5.92 Å². The molecule has 2 aliphatic heterocycles. The minimum atomic E-state index is -4.73. The Hall–Kier alpha value is -2.10. The van der Waals surface area contributed by atoms with Crippen molar-refractivity contribution >= 4 is 17.5 Å². The molecule has 174 valence electrons. The van der Waals surface area contributed by atoms with Crippen molar-refractivity contribution in [3.8, 4) is 5.69 Å². The maximum Gasteiger partial charge on any atom is 0.434 e. The Kier molecular flexibility index (Phi) is 6.78. The molecule has 1 aromatic carbocycles. The zero-order valence-corrected chi connectivity index (χ0v) is 18.7. The molecular formula is C22H27ClF3N5O. The lowest BCUT2D eigenvalue weighted by Crippen LogP contribution is -2.51. The van der Waals surface area contributed by atoms with E-state index in [1.807, 2.05) is 0 Å². The van der Waals surface area contributed by atoms with Crippen molar-refractivity contribution in [3.63, 3.8) is 0 Å². The molecule has 0 saturated carbocycles. The molecule has 0 aliphatic carbocycles. The van der Waals surface area contributed by atoms with Gasteiger partial charge in [-0.25, -0.2) is 4.68 Å². The predicted molar refractivity (Wildman–Crippen MR) is 116 cm³/mol. The van der Waals surface area contributed by atoms with E-state index in [1.54, 1.807) is 0 Å². The van der Waals surface area contributed by atoms with Gasteiger partial charge in [-0.1, -0.05) is 11.6 Å². The van der Waals surface area contributed by atoms with Gasteiger partial charge in [-0.2, -0.15) is 18.3 Å². The summed E-state index contributed by atoms with van der Waals surface area (Å²) in [6.45, 7) is 5.31. The summed E-state index contributed by atoms with van der Waals surface area (Å²) < 4.78 is 42.5. The number of benzene rings is 1. The van der Waals surface area contributed by atoms with Crippen LogP contribution in [-0.2, 0) is 6.18 Å². The van der Waals surface area contributed by atoms with E-state index in [-0.39, 0.29) is 5.69 Å². The summed E-state index contributed by atoms with van der Waals surface area (Å²) in [4.78, 5) is 19.2. The number of aromatic nitrogens is 2. The summed E-state index contributed by atoms with van der Waals surface area (Å²) in [5.41, 5.74) is -1.28. The predicted octanol–water partition coefficient (Wildman–Crippen LogP) is 3.64. The standard InChI is InChI=1S/C22H27ClF3N5O/c1-28-8-2-3-16(14-28)15-29-9-11-30(12-10-29)21(32)19-13-27-31(20(19)22(24,25)26)18-6-4-17(23)5-7-18/h4-7,13,16H,2-3,8-12,14-15H2,1H3. The normalized spacial score (nSPS) is 21.2. The van der Waals surface area contributed by atoms with E-state index in [0.29, 0.717) is 37.1 Å². The van der Waals surface area contributed by atoms with Crippen LogP contribution < -0.4 is 0 Å². The molecule has 0 radical (unpaired) electrons. The number of likely N-dealkylation sites (tertiary alicyclic amines) is 1. The van der Waals surface area contributed by atoms with Crippen LogP contribution in [0.5, 0.6) is 0 Å². The van der Waals surface area contributed by atoms with E-state index in [1.165, 1.54) is 42.0 Å². The second kappa shape index (κ2) is 9.41. The first kappa shape index (κ1) is 23.1. The molecule has 2 aliphatic rings. The molecule has 1 amide bonds. The van der Waals surface area contributed by atoms with Crippen molar-refractivity contribution in [1.82, 2.24) is 24.5 Å². The molecule has 6 nitrogen and oxygen atoms in total. The highest BCUT2D eigenvalue weighted by Crippen LogP contribution is 2.34. The van der Waals surface area contributed by atoms with Crippen molar-refractivity contribution in [2.45, 2.75) is 19.0 Å². The van der Waals surface area contributed by atoms with E-state index < -0.39 is 23.3 Å². The Bertz CT molecular complexity index is 938. The SMILES string of the molecule is CN1CCCC(CN2CCN(C(=O)c3cnn(-c4ccc(Cl)cc4)c3C(F)(F)F)CC2)C1. The fourth-order valence-electron chi connectivity index (χ4n) is 4.65. The first-order valence-electron chi connectivity index (χ1n) is 10.8. The molecule has 2 aromatic rings. The lowest BCUT2D eigenvalue weighted by molar-refractivity contribution is -0.143. The number of piperazine rings is 1. The Labute approximate surface area is 190 Å². The zero-order valence-electron chi connectivity index (χ0n) is 18.0. The largest absolute Gasteiger partial charge is 0.434 e. The average molecular weight is 470 g/mol. The molecule has 0 N–H and O–H groups in total. The number of hydrogen-bond donors (Lipinski definition) is 0. The van der Waals surface area contributed by atoms with Gasteiger partial charge < -0.3 is 9.80 Å². The Balaban J connectivity index is 1.46. The topological polar surface area (TPSA) is 44.6 Å². The van der Waals surface area contributed by atoms with E-state index in [9.17, 15) is 18.0 Å². The second-order valence-electron chi connectivity index (χ2n) is 8.66. The summed E-state index contributed by atoms with van der Waals surface area (Å²) in [5.74, 6) is -0.0278. The summed E-state index contributed by atoms with van der Waals surface area (Å²) in [7, 11) is 2.13. The number of amides is 1. The summed E-state index contributed by atoms with van der Waals surface area (Å²) in [6.07, 6.45) is -1.32. The lowest BCUT2D eigenvalue weighted by Gasteiger charge is -2.38. The summed E-state index contributed by atoms with van der Waals surface area (Å²) in [6, 6.07) is 5.87. The Morgan fingerprint density at radius 1 is 1.12 bits per heavy atom. The van der Waals surface area contributed by atoms with Gasteiger partial charge in [-0.3, -0.25) is 9.69 Å². The molecule has 1 aromatic heterocycles. The van der Waals surface area contributed by atoms with Crippen LogP contribution in [0.3, 0.4) is 0 Å². The van der Waals surface area contributed by atoms with Crippen LogP contribution in [-0.4, -0.2) is 83.2 Å². The number of halogens is 4. The molecule has 10 heteroatoms. The van der Waals surface area contributed by atoms with Crippen LogP contribution in [0.4, 0.5) is 13.2 Å². The molecule has 4 rings (SSSR count). The van der Waals surface area contributed by atoms with Gasteiger partial charge in [0.15, 0.2) is 5.69 Å². The number of hydrogen-bond acceptors (Lipinski definition) is 4. The Morgan fingerprint density at radius 2 is 1.81 bits per heavy atom. The van der Waals surface area contributed by atoms with Crippen LogP contribution in [0, 0.1) is 5.92 Å². The fraction of sp³-hybridized carbons (Fsp3) is 0.545. The molecule has 32 heavy (non-hydrogen) atoms. The number of nitrogens with zero attached hydrogens (tertiary/aromatic N) is 5. The van der Waals surface area contributed by atoms with Crippen LogP contribution in [0.1, 0.15) is 28.9 Å². The van der Waals surface area contributed by atoms with E-state index in [4.69, 9.17) is 11.6 Å². The molecule has 2 saturated heterocycles. The molecule has 0 bridgehead atoms. The quantitative estimate of drug-likeness (QED) is 0.685. The Morgan fingerprint density at radius 3 is 2.44 bits per heavy atom. The number of rotatable bonds is 4. The van der Waals surface area contributed by atoms with Crippen LogP contribution in [0.2, 0.25) is 5.02 Å². The van der Waals surface area contributed by atoms with Crippen molar-refractivity contribution < 1.29 is 18.0 Å². The first-order valence-corrected chi connectivity index (χ1v) is 11.2. The van der Waals surface area contributed by atoms with E-state index in [0.717, 1.165) is 30.5 Å². The summed E-state index contributed by atoms with van der Waals surface area (Å²) in [5, 5.41) is 4.29. The van der Waals surface area contributed by atoms with Crippen molar-refractivity contribution in [3.05, 3.63) is 46.7 Å². The molecule has 0 spiro atoms. The highest BCUT2D eigenvalue weighted by atomic mass is 35.5. The van der Waals surface area contributed by atoms with Crippen LogP contribution in [0.25, 0.3) is 5.69 Å². The lowest BCUT2D eigenvalue weighted by atomic mass is 9.97. The molecule has 1 unspecified atom stereocenters. The van der Waals surface area contributed by atoms with Gasteiger partial charge in [0.05, 0.1) is 17.4 Å². The molecule has 1 atom stereocenters. The first-order chi connectivity index (χ1) is 15.2. The highest BCUT2D eigenvalue weighted by molar-refractivity contribution is 6.30. The van der Waals surface area contributed by atoms with Gasteiger partial charge in [0, 0.05) is 44.3 Å². The number of alkyl halides is 3. The monoisotopic (exact) mass is 469 g/mol. The van der Waals surface area contributed by atoms with E-state index in [2.05, 4.69) is 21.9 Å². The maximum atomic E-state index is 13.9. The average Bonchev–Trinajstić information content (AvgIpc) is 3.20. The number of carbonyl (C=O) groups is 1. The zero-order chi connectivity index (χ0) is 22.9. The van der Waals surface area contributed by atoms with Gasteiger partial charge in [0.1, 0.15) is 0 Å². The van der Waals surface area contributed by atoms with E-state index >= 15 is 0 Å². The van der Waals surface area contributed by atoms with Gasteiger partial charge in [-0.15, -0.1) is 0 Å². The smallest absolute Gasteiger partial charge is 0.336 e. The van der Waals surface area contributed by atoms with Gasteiger partial charge >= 0.3 is 6.18 Å². The van der Waals surface area contributed by atoms with Gasteiger partial charge in [-0.05, 0) is 56.6 Å². The third kappa shape index (κ3) is 5.10. The van der Waals surface area contributed by atoms with Crippen LogP contribution >= 0.6 is 11.6 Å². The third-order valence-corrected chi connectivity index (χ3v) is 6.49. The molecule has 2 fully saturated rings. The third-order valence-electron chi connectivity index (χ3n) is 6.24. The van der Waals surface area contributed by atoms with Gasteiger partial charge in [0.2, 0.25) is 0 Å². The minimum absolute atomic E-state index is 0.197.